The molecule has 0 spiro atoms. The van der Waals surface area contributed by atoms with Gasteiger partial charge >= 0.3 is 5.97 Å². The number of nitrogens with zero attached hydrogens (tertiary/aromatic N) is 1. The average molecular weight is 349 g/mol. The van der Waals surface area contributed by atoms with Crippen LogP contribution >= 0.6 is 11.3 Å². The number of aliphatic hydroxyl groups is 1. The van der Waals surface area contributed by atoms with E-state index in [9.17, 15) is 14.7 Å². The van der Waals surface area contributed by atoms with E-state index in [4.69, 9.17) is 4.74 Å². The van der Waals surface area contributed by atoms with Crippen LogP contribution < -0.4 is 0 Å². The molecule has 2 rings (SSSR count). The highest BCUT2D eigenvalue weighted by molar-refractivity contribution is 7.16. The Morgan fingerprint density at radius 2 is 2.12 bits per heavy atom. The van der Waals surface area contributed by atoms with Crippen molar-refractivity contribution in [1.29, 1.82) is 0 Å². The number of ketones is 1. The van der Waals surface area contributed by atoms with Gasteiger partial charge in [-0.2, -0.15) is 0 Å². The first-order valence-electron chi connectivity index (χ1n) is 8.06. The van der Waals surface area contributed by atoms with E-state index in [1.807, 2.05) is 20.8 Å². The van der Waals surface area contributed by atoms with Gasteiger partial charge in [-0.05, 0) is 24.8 Å². The minimum atomic E-state index is -0.421. The molecule has 0 bridgehead atoms. The highest BCUT2D eigenvalue weighted by Gasteiger charge is 2.32. The molecule has 1 N–H and O–H groups in total. The number of thiophene rings is 1. The largest absolute Gasteiger partial charge is 0.511 e. The molecule has 1 aromatic rings. The van der Waals surface area contributed by atoms with E-state index < -0.39 is 5.97 Å². The molecule has 0 saturated heterocycles. The number of Topliss-reactive ketones (excluding diaryl/α,β-unsaturated/α-hetero) is 1. The van der Waals surface area contributed by atoms with Gasteiger partial charge in [-0.1, -0.05) is 20.8 Å². The summed E-state index contributed by atoms with van der Waals surface area (Å²) in [6, 6.07) is 1.77. The Balaban J connectivity index is 2.33. The first-order chi connectivity index (χ1) is 11.3. The molecule has 5 nitrogen and oxygen atoms in total. The minimum absolute atomic E-state index is 0.0601. The van der Waals surface area contributed by atoms with Gasteiger partial charge < -0.3 is 9.84 Å². The molecule has 6 heteroatoms. The number of carbonyl (C=O) groups excluding carboxylic acids is 2. The number of esters is 1. The van der Waals surface area contributed by atoms with E-state index >= 15 is 0 Å². The topological polar surface area (TPSA) is 76.0 Å². The molecule has 0 aromatic carbocycles. The molecule has 1 heterocycles. The van der Waals surface area contributed by atoms with Crippen molar-refractivity contribution >= 4 is 34.3 Å². The molecule has 0 saturated carbocycles. The predicted octanol–water partition coefficient (Wildman–Crippen LogP) is 4.39. The highest BCUT2D eigenvalue weighted by Crippen LogP contribution is 2.36. The number of hydrogen-bond acceptors (Lipinski definition) is 6. The maximum Gasteiger partial charge on any atom is 0.341 e. The van der Waals surface area contributed by atoms with Gasteiger partial charge in [0.25, 0.3) is 0 Å². The summed E-state index contributed by atoms with van der Waals surface area (Å²) in [6.45, 7) is 7.93. The number of allylic oxidation sites excluding steroid dienone is 2. The summed E-state index contributed by atoms with van der Waals surface area (Å²) in [5.41, 5.74) is 0.390. The highest BCUT2D eigenvalue weighted by atomic mass is 32.1. The Kier molecular flexibility index (Phi) is 5.59. The summed E-state index contributed by atoms with van der Waals surface area (Å²) in [4.78, 5) is 29.6. The summed E-state index contributed by atoms with van der Waals surface area (Å²) in [5.74, 6) is -0.489. The van der Waals surface area contributed by atoms with Crippen LogP contribution in [0.1, 0.15) is 55.8 Å². The first kappa shape index (κ1) is 18.4. The summed E-state index contributed by atoms with van der Waals surface area (Å²) in [6.07, 6.45) is 2.97. The lowest BCUT2D eigenvalue weighted by Crippen LogP contribution is -2.26. The Morgan fingerprint density at radius 3 is 2.71 bits per heavy atom. The number of ether oxygens (including phenoxy) is 1. The standard InChI is InChI=1S/C18H23NO4S/c1-5-11-7-12(17(22)23-6-2)16(24-11)19-10-13-14(20)8-18(3,4)9-15(13)21/h7,10,20H,5-6,8-9H2,1-4H3/b19-10+. The van der Waals surface area contributed by atoms with E-state index in [0.717, 1.165) is 11.3 Å². The molecular formula is C18H23NO4S. The lowest BCUT2D eigenvalue weighted by Gasteiger charge is -2.28. The summed E-state index contributed by atoms with van der Waals surface area (Å²) in [7, 11) is 0. The van der Waals surface area contributed by atoms with Crippen molar-refractivity contribution in [3.8, 4) is 0 Å². The number of rotatable bonds is 5. The SMILES string of the molecule is CCOC(=O)c1cc(CC)sc1/N=C/C1=C(O)CC(C)(C)CC1=O. The van der Waals surface area contributed by atoms with Gasteiger partial charge in [0, 0.05) is 23.9 Å². The monoisotopic (exact) mass is 349 g/mol. The normalized spacial score (nSPS) is 17.6. The van der Waals surface area contributed by atoms with Crippen molar-refractivity contribution < 1.29 is 19.4 Å². The van der Waals surface area contributed by atoms with Crippen LogP contribution in [0.3, 0.4) is 0 Å². The summed E-state index contributed by atoms with van der Waals surface area (Å²) < 4.78 is 5.05. The second-order valence-electron chi connectivity index (χ2n) is 6.57. The fraction of sp³-hybridized carbons (Fsp3) is 0.500. The minimum Gasteiger partial charge on any atom is -0.511 e. The van der Waals surface area contributed by atoms with Crippen LogP contribution in [0.5, 0.6) is 0 Å². The Labute approximate surface area is 146 Å². The van der Waals surface area contributed by atoms with Crippen LogP contribution in [-0.4, -0.2) is 29.7 Å². The molecule has 1 aliphatic carbocycles. The van der Waals surface area contributed by atoms with Crippen molar-refractivity contribution in [2.75, 3.05) is 6.61 Å². The summed E-state index contributed by atoms with van der Waals surface area (Å²) >= 11 is 1.39. The second kappa shape index (κ2) is 7.30. The predicted molar refractivity (Wildman–Crippen MR) is 95.5 cm³/mol. The lowest BCUT2D eigenvalue weighted by molar-refractivity contribution is -0.117. The number of hydrogen-bond donors (Lipinski definition) is 1. The van der Waals surface area contributed by atoms with Gasteiger partial charge in [-0.15, -0.1) is 11.3 Å². The maximum absolute atomic E-state index is 12.2. The van der Waals surface area contributed by atoms with Gasteiger partial charge in [0.05, 0.1) is 17.7 Å². The zero-order valence-electron chi connectivity index (χ0n) is 14.5. The number of carbonyl (C=O) groups is 2. The van der Waals surface area contributed by atoms with Crippen molar-refractivity contribution in [2.24, 2.45) is 10.4 Å². The number of aliphatic imine (C=N–C) groups is 1. The molecule has 24 heavy (non-hydrogen) atoms. The molecule has 0 atom stereocenters. The van der Waals surface area contributed by atoms with E-state index in [1.165, 1.54) is 17.6 Å². The van der Waals surface area contributed by atoms with Crippen LogP contribution in [0, 0.1) is 5.41 Å². The molecule has 1 aliphatic rings. The third kappa shape index (κ3) is 4.12. The fourth-order valence-corrected chi connectivity index (χ4v) is 3.56. The third-order valence-electron chi connectivity index (χ3n) is 3.81. The molecular weight excluding hydrogens is 326 g/mol. The first-order valence-corrected chi connectivity index (χ1v) is 8.88. The molecule has 1 aromatic heterocycles. The average Bonchev–Trinajstić information content (AvgIpc) is 2.89. The molecule has 130 valence electrons. The van der Waals surface area contributed by atoms with Crippen molar-refractivity contribution in [1.82, 2.24) is 0 Å². The van der Waals surface area contributed by atoms with E-state index in [-0.39, 0.29) is 22.5 Å². The van der Waals surface area contributed by atoms with E-state index in [1.54, 1.807) is 13.0 Å². The zero-order valence-corrected chi connectivity index (χ0v) is 15.3. The van der Waals surface area contributed by atoms with Gasteiger partial charge in [0.1, 0.15) is 10.8 Å². The molecule has 0 fully saturated rings. The van der Waals surface area contributed by atoms with Gasteiger partial charge in [-0.25, -0.2) is 9.79 Å². The van der Waals surface area contributed by atoms with E-state index in [2.05, 4.69) is 4.99 Å². The van der Waals surface area contributed by atoms with Crippen molar-refractivity contribution in [2.45, 2.75) is 47.0 Å². The van der Waals surface area contributed by atoms with Gasteiger partial charge in [-0.3, -0.25) is 4.79 Å². The Hall–Kier alpha value is -1.95. The smallest absolute Gasteiger partial charge is 0.341 e. The zero-order chi connectivity index (χ0) is 17.9. The molecule has 0 aliphatic heterocycles. The van der Waals surface area contributed by atoms with Gasteiger partial charge in [0.15, 0.2) is 5.78 Å². The molecule has 0 unspecified atom stereocenters. The van der Waals surface area contributed by atoms with Crippen LogP contribution in [-0.2, 0) is 16.0 Å². The van der Waals surface area contributed by atoms with Crippen LogP contribution in [0.15, 0.2) is 22.4 Å². The Morgan fingerprint density at radius 1 is 1.42 bits per heavy atom. The molecule has 0 amide bonds. The number of aryl methyl sites for hydroxylation is 1. The van der Waals surface area contributed by atoms with Crippen LogP contribution in [0.25, 0.3) is 0 Å². The van der Waals surface area contributed by atoms with Crippen molar-refractivity contribution in [3.63, 3.8) is 0 Å². The third-order valence-corrected chi connectivity index (χ3v) is 5.00. The quantitative estimate of drug-likeness (QED) is 0.632. The molecule has 0 radical (unpaired) electrons. The number of aliphatic hydroxyl groups excluding tert-OH is 1. The Bertz CT molecular complexity index is 713. The lowest BCUT2D eigenvalue weighted by atomic mass is 9.77. The van der Waals surface area contributed by atoms with E-state index in [0.29, 0.717) is 30.0 Å². The van der Waals surface area contributed by atoms with Crippen LogP contribution in [0.4, 0.5) is 5.00 Å². The van der Waals surface area contributed by atoms with Gasteiger partial charge in [0.2, 0.25) is 0 Å². The second-order valence-corrected chi connectivity index (χ2v) is 7.68. The van der Waals surface area contributed by atoms with Crippen molar-refractivity contribution in [3.05, 3.63) is 27.8 Å². The fourth-order valence-electron chi connectivity index (χ4n) is 2.63. The van der Waals surface area contributed by atoms with Crippen LogP contribution in [0.2, 0.25) is 0 Å². The maximum atomic E-state index is 12.2. The summed E-state index contributed by atoms with van der Waals surface area (Å²) in [5, 5.41) is 10.6.